The van der Waals surface area contributed by atoms with Gasteiger partial charge >= 0.3 is 0 Å². The SMILES string of the molecule is CCCn1cc(OCC2CCC(CNC)O2)cn1. The Hall–Kier alpha value is -1.07. The zero-order valence-corrected chi connectivity index (χ0v) is 11.3. The van der Waals surface area contributed by atoms with Crippen LogP contribution in [0.1, 0.15) is 26.2 Å². The molecule has 1 aromatic rings. The molecule has 1 aromatic heterocycles. The average molecular weight is 253 g/mol. The first-order valence-corrected chi connectivity index (χ1v) is 6.77. The number of likely N-dealkylation sites (N-methyl/N-ethyl adjacent to an activating group) is 1. The van der Waals surface area contributed by atoms with Gasteiger partial charge in [0.05, 0.1) is 24.6 Å². The van der Waals surface area contributed by atoms with Crippen molar-refractivity contribution < 1.29 is 9.47 Å². The molecular weight excluding hydrogens is 230 g/mol. The van der Waals surface area contributed by atoms with E-state index in [1.165, 1.54) is 0 Å². The van der Waals surface area contributed by atoms with Gasteiger partial charge in [-0.2, -0.15) is 5.10 Å². The summed E-state index contributed by atoms with van der Waals surface area (Å²) in [6.07, 6.45) is 7.56. The molecule has 2 heterocycles. The molecule has 1 fully saturated rings. The normalized spacial score (nSPS) is 23.4. The summed E-state index contributed by atoms with van der Waals surface area (Å²) >= 11 is 0. The third-order valence-corrected chi connectivity index (χ3v) is 3.13. The number of nitrogens with one attached hydrogen (secondary N) is 1. The van der Waals surface area contributed by atoms with E-state index in [-0.39, 0.29) is 6.10 Å². The second-order valence-electron chi connectivity index (χ2n) is 4.77. The van der Waals surface area contributed by atoms with Gasteiger partial charge in [-0.15, -0.1) is 0 Å². The quantitative estimate of drug-likeness (QED) is 0.799. The Morgan fingerprint density at radius 3 is 3.11 bits per heavy atom. The predicted octanol–water partition coefficient (Wildman–Crippen LogP) is 1.44. The highest BCUT2D eigenvalue weighted by Gasteiger charge is 2.25. The smallest absolute Gasteiger partial charge is 0.157 e. The van der Waals surface area contributed by atoms with Crippen molar-refractivity contribution in [3.8, 4) is 5.75 Å². The number of aromatic nitrogens is 2. The van der Waals surface area contributed by atoms with Crippen LogP contribution in [0.25, 0.3) is 0 Å². The van der Waals surface area contributed by atoms with Gasteiger partial charge in [-0.3, -0.25) is 4.68 Å². The molecule has 2 atom stereocenters. The van der Waals surface area contributed by atoms with E-state index in [2.05, 4.69) is 17.3 Å². The Morgan fingerprint density at radius 2 is 2.33 bits per heavy atom. The maximum Gasteiger partial charge on any atom is 0.157 e. The van der Waals surface area contributed by atoms with E-state index in [0.717, 1.165) is 38.1 Å². The van der Waals surface area contributed by atoms with E-state index in [9.17, 15) is 0 Å². The van der Waals surface area contributed by atoms with Gasteiger partial charge in [0.2, 0.25) is 0 Å². The monoisotopic (exact) mass is 253 g/mol. The molecule has 0 aliphatic carbocycles. The molecule has 1 N–H and O–H groups in total. The lowest BCUT2D eigenvalue weighted by molar-refractivity contribution is 0.0193. The Kier molecular flexibility index (Phi) is 5.01. The van der Waals surface area contributed by atoms with Crippen molar-refractivity contribution in [1.82, 2.24) is 15.1 Å². The number of aryl methyl sites for hydroxylation is 1. The molecule has 2 rings (SSSR count). The number of ether oxygens (including phenoxy) is 2. The van der Waals surface area contributed by atoms with Gasteiger partial charge in [0.15, 0.2) is 5.75 Å². The van der Waals surface area contributed by atoms with Crippen molar-refractivity contribution in [2.45, 2.75) is 44.9 Å². The van der Waals surface area contributed by atoms with Crippen molar-refractivity contribution in [2.24, 2.45) is 0 Å². The van der Waals surface area contributed by atoms with E-state index in [4.69, 9.17) is 9.47 Å². The lowest BCUT2D eigenvalue weighted by atomic mass is 10.2. The molecule has 0 radical (unpaired) electrons. The zero-order chi connectivity index (χ0) is 12.8. The van der Waals surface area contributed by atoms with Crippen LogP contribution in [-0.2, 0) is 11.3 Å². The van der Waals surface area contributed by atoms with Crippen molar-refractivity contribution in [2.75, 3.05) is 20.2 Å². The molecule has 1 aliphatic heterocycles. The van der Waals surface area contributed by atoms with Crippen LogP contribution < -0.4 is 10.1 Å². The number of hydrogen-bond acceptors (Lipinski definition) is 4. The minimum atomic E-state index is 0.220. The molecule has 0 saturated carbocycles. The van der Waals surface area contributed by atoms with Crippen LogP contribution in [0, 0.1) is 0 Å². The summed E-state index contributed by atoms with van der Waals surface area (Å²) in [7, 11) is 1.95. The minimum absolute atomic E-state index is 0.220. The van der Waals surface area contributed by atoms with Gasteiger partial charge < -0.3 is 14.8 Å². The maximum absolute atomic E-state index is 5.86. The van der Waals surface area contributed by atoms with E-state index < -0.39 is 0 Å². The highest BCUT2D eigenvalue weighted by molar-refractivity contribution is 5.11. The van der Waals surface area contributed by atoms with Crippen molar-refractivity contribution in [3.05, 3.63) is 12.4 Å². The van der Waals surface area contributed by atoms with E-state index >= 15 is 0 Å². The zero-order valence-electron chi connectivity index (χ0n) is 11.3. The van der Waals surface area contributed by atoms with Gasteiger partial charge in [-0.05, 0) is 26.3 Å². The van der Waals surface area contributed by atoms with Crippen molar-refractivity contribution in [1.29, 1.82) is 0 Å². The second kappa shape index (κ2) is 6.75. The highest BCUT2D eigenvalue weighted by Crippen LogP contribution is 2.20. The fourth-order valence-corrected chi connectivity index (χ4v) is 2.24. The van der Waals surface area contributed by atoms with Gasteiger partial charge in [0.1, 0.15) is 6.61 Å². The third-order valence-electron chi connectivity index (χ3n) is 3.13. The maximum atomic E-state index is 5.86. The highest BCUT2D eigenvalue weighted by atomic mass is 16.5. The predicted molar refractivity (Wildman–Crippen MR) is 69.8 cm³/mol. The molecule has 102 valence electrons. The average Bonchev–Trinajstić information content (AvgIpc) is 2.97. The second-order valence-corrected chi connectivity index (χ2v) is 4.77. The van der Waals surface area contributed by atoms with Crippen molar-refractivity contribution >= 4 is 0 Å². The van der Waals surface area contributed by atoms with E-state index in [1.807, 2.05) is 17.9 Å². The van der Waals surface area contributed by atoms with Crippen molar-refractivity contribution in [3.63, 3.8) is 0 Å². The molecular formula is C13H23N3O2. The van der Waals surface area contributed by atoms with Gasteiger partial charge in [-0.25, -0.2) is 0 Å². The first-order valence-electron chi connectivity index (χ1n) is 6.77. The Balaban J connectivity index is 1.71. The molecule has 0 aromatic carbocycles. The van der Waals surface area contributed by atoms with Crippen LogP contribution in [0.5, 0.6) is 5.75 Å². The summed E-state index contributed by atoms with van der Waals surface area (Å²) in [5, 5.41) is 7.38. The third kappa shape index (κ3) is 3.71. The lowest BCUT2D eigenvalue weighted by Gasteiger charge is -2.13. The fraction of sp³-hybridized carbons (Fsp3) is 0.769. The molecule has 2 unspecified atom stereocenters. The Labute approximate surface area is 108 Å². The summed E-state index contributed by atoms with van der Waals surface area (Å²) in [6, 6.07) is 0. The Bertz CT molecular complexity index is 354. The topological polar surface area (TPSA) is 48.3 Å². The van der Waals surface area contributed by atoms with E-state index in [1.54, 1.807) is 6.20 Å². The summed E-state index contributed by atoms with van der Waals surface area (Å²) in [5.41, 5.74) is 0. The van der Waals surface area contributed by atoms with Crippen LogP contribution in [0.15, 0.2) is 12.4 Å². The van der Waals surface area contributed by atoms with Gasteiger partial charge in [0.25, 0.3) is 0 Å². The standard InChI is InChI=1S/C13H23N3O2/c1-3-6-16-9-13(8-15-16)17-10-12-5-4-11(18-12)7-14-2/h8-9,11-12,14H,3-7,10H2,1-2H3. The summed E-state index contributed by atoms with van der Waals surface area (Å²) in [4.78, 5) is 0. The van der Waals surface area contributed by atoms with Crippen LogP contribution in [-0.4, -0.2) is 42.2 Å². The van der Waals surface area contributed by atoms with Gasteiger partial charge in [-0.1, -0.05) is 6.92 Å². The minimum Gasteiger partial charge on any atom is -0.488 e. The first-order chi connectivity index (χ1) is 8.81. The lowest BCUT2D eigenvalue weighted by Crippen LogP contribution is -2.25. The van der Waals surface area contributed by atoms with Crippen LogP contribution in [0.3, 0.4) is 0 Å². The number of rotatable bonds is 7. The summed E-state index contributed by atoms with van der Waals surface area (Å²) in [5.74, 6) is 0.837. The van der Waals surface area contributed by atoms with E-state index in [0.29, 0.717) is 12.7 Å². The van der Waals surface area contributed by atoms with Gasteiger partial charge in [0, 0.05) is 13.1 Å². The molecule has 0 spiro atoms. The number of hydrogen-bond donors (Lipinski definition) is 1. The fourth-order valence-electron chi connectivity index (χ4n) is 2.24. The summed E-state index contributed by atoms with van der Waals surface area (Å²) in [6.45, 7) is 4.62. The van der Waals surface area contributed by atoms with Crippen LogP contribution in [0.4, 0.5) is 0 Å². The molecule has 18 heavy (non-hydrogen) atoms. The van der Waals surface area contributed by atoms with Crippen LogP contribution >= 0.6 is 0 Å². The Morgan fingerprint density at radius 1 is 1.50 bits per heavy atom. The largest absolute Gasteiger partial charge is 0.488 e. The molecule has 1 aliphatic rings. The number of nitrogens with zero attached hydrogens (tertiary/aromatic N) is 2. The molecule has 0 amide bonds. The first kappa shape index (κ1) is 13.4. The summed E-state index contributed by atoms with van der Waals surface area (Å²) < 4.78 is 13.5. The molecule has 5 nitrogen and oxygen atoms in total. The van der Waals surface area contributed by atoms with Crippen LogP contribution in [0.2, 0.25) is 0 Å². The molecule has 1 saturated heterocycles. The molecule has 0 bridgehead atoms. The molecule has 5 heteroatoms.